The van der Waals surface area contributed by atoms with Crippen molar-refractivity contribution in [3.05, 3.63) is 34.3 Å². The first-order valence-corrected chi connectivity index (χ1v) is 6.43. The second-order valence-corrected chi connectivity index (χ2v) is 4.69. The van der Waals surface area contributed by atoms with Gasteiger partial charge in [-0.2, -0.15) is 0 Å². The van der Waals surface area contributed by atoms with Gasteiger partial charge in [0.2, 0.25) is 0 Å². The molecule has 100 valence electrons. The van der Waals surface area contributed by atoms with Crippen molar-refractivity contribution >= 4 is 27.5 Å². The maximum absolute atomic E-state index is 11.9. The molecular weight excluding hydrogens is 312 g/mol. The summed E-state index contributed by atoms with van der Waals surface area (Å²) in [4.78, 5) is 16.0. The molecule has 1 amide bonds. The Morgan fingerprint density at radius 3 is 3.05 bits per heavy atom. The van der Waals surface area contributed by atoms with Crippen molar-refractivity contribution in [1.82, 2.24) is 20.0 Å². The molecule has 0 fully saturated rings. The zero-order chi connectivity index (χ0) is 13.8. The summed E-state index contributed by atoms with van der Waals surface area (Å²) in [6.07, 6.45) is 3.13. The Bertz CT molecular complexity index is 597. The van der Waals surface area contributed by atoms with Crippen molar-refractivity contribution < 1.29 is 4.79 Å². The predicted molar refractivity (Wildman–Crippen MR) is 73.7 cm³/mol. The average molecular weight is 325 g/mol. The van der Waals surface area contributed by atoms with Gasteiger partial charge in [0.1, 0.15) is 4.60 Å². The van der Waals surface area contributed by atoms with Gasteiger partial charge in [-0.05, 0) is 34.5 Å². The van der Waals surface area contributed by atoms with E-state index in [4.69, 9.17) is 5.73 Å². The van der Waals surface area contributed by atoms with Crippen LogP contribution in [0, 0.1) is 6.92 Å². The highest BCUT2D eigenvalue weighted by Gasteiger charge is 2.11. The topological polar surface area (TPSA) is 98.7 Å². The molecule has 0 saturated heterocycles. The van der Waals surface area contributed by atoms with E-state index >= 15 is 0 Å². The highest BCUT2D eigenvalue weighted by Crippen LogP contribution is 2.17. The molecule has 2 heterocycles. The van der Waals surface area contributed by atoms with Gasteiger partial charge in [-0.15, -0.1) is 5.10 Å². The molecule has 0 aliphatic heterocycles. The molecule has 0 spiro atoms. The maximum atomic E-state index is 11.9. The van der Waals surface area contributed by atoms with E-state index in [0.717, 1.165) is 10.2 Å². The van der Waals surface area contributed by atoms with E-state index in [9.17, 15) is 4.79 Å². The van der Waals surface area contributed by atoms with E-state index in [-0.39, 0.29) is 11.6 Å². The van der Waals surface area contributed by atoms with Crippen LogP contribution in [0.2, 0.25) is 0 Å². The van der Waals surface area contributed by atoms with Gasteiger partial charge in [0.25, 0.3) is 5.91 Å². The van der Waals surface area contributed by atoms with Gasteiger partial charge in [-0.3, -0.25) is 9.48 Å². The molecule has 3 N–H and O–H groups in total. The summed E-state index contributed by atoms with van der Waals surface area (Å²) in [5.41, 5.74) is 7.19. The maximum Gasteiger partial charge on any atom is 0.277 e. The number of carbonyl (C=O) groups is 1. The van der Waals surface area contributed by atoms with Crippen LogP contribution in [0.3, 0.4) is 0 Å². The number of aryl methyl sites for hydroxylation is 1. The molecule has 0 aliphatic carbocycles. The Labute approximate surface area is 118 Å². The van der Waals surface area contributed by atoms with Crippen LogP contribution in [0.15, 0.2) is 23.1 Å². The van der Waals surface area contributed by atoms with E-state index < -0.39 is 0 Å². The molecule has 8 heteroatoms. The number of aromatic nitrogens is 4. The summed E-state index contributed by atoms with van der Waals surface area (Å²) >= 11 is 3.30. The van der Waals surface area contributed by atoms with E-state index in [0.29, 0.717) is 18.8 Å². The van der Waals surface area contributed by atoms with Crippen LogP contribution in [0.5, 0.6) is 0 Å². The van der Waals surface area contributed by atoms with Crippen LogP contribution in [0.25, 0.3) is 0 Å². The summed E-state index contributed by atoms with van der Waals surface area (Å²) in [7, 11) is 0. The lowest BCUT2D eigenvalue weighted by molar-refractivity contribution is 0.102. The van der Waals surface area contributed by atoms with Gasteiger partial charge in [0.15, 0.2) is 5.69 Å². The van der Waals surface area contributed by atoms with Crippen LogP contribution >= 0.6 is 15.9 Å². The Morgan fingerprint density at radius 2 is 2.37 bits per heavy atom. The SMILES string of the molecule is Cc1cc(NC(=O)c2cn(CCN)nn2)cnc1Br. The lowest BCUT2D eigenvalue weighted by Gasteiger charge is -2.04. The van der Waals surface area contributed by atoms with Gasteiger partial charge in [-0.1, -0.05) is 5.21 Å². The number of rotatable bonds is 4. The van der Waals surface area contributed by atoms with Crippen LogP contribution in [0.1, 0.15) is 16.1 Å². The van der Waals surface area contributed by atoms with Gasteiger partial charge >= 0.3 is 0 Å². The third-order valence-electron chi connectivity index (χ3n) is 2.40. The van der Waals surface area contributed by atoms with Gasteiger partial charge < -0.3 is 11.1 Å². The molecule has 0 aromatic carbocycles. The summed E-state index contributed by atoms with van der Waals surface area (Å²) in [5, 5.41) is 10.3. The van der Waals surface area contributed by atoms with E-state index in [1.54, 1.807) is 12.4 Å². The number of hydrogen-bond donors (Lipinski definition) is 2. The fraction of sp³-hybridized carbons (Fsp3) is 0.273. The Morgan fingerprint density at radius 1 is 1.58 bits per heavy atom. The fourth-order valence-corrected chi connectivity index (χ4v) is 1.68. The van der Waals surface area contributed by atoms with Crippen molar-refractivity contribution in [3.63, 3.8) is 0 Å². The fourth-order valence-electron chi connectivity index (χ4n) is 1.47. The smallest absolute Gasteiger partial charge is 0.277 e. The summed E-state index contributed by atoms with van der Waals surface area (Å²) in [6, 6.07) is 1.82. The minimum atomic E-state index is -0.327. The number of anilines is 1. The molecule has 7 nitrogen and oxygen atoms in total. The third-order valence-corrected chi connectivity index (χ3v) is 3.23. The van der Waals surface area contributed by atoms with Gasteiger partial charge in [0.05, 0.1) is 24.6 Å². The number of hydrogen-bond acceptors (Lipinski definition) is 5. The second-order valence-electron chi connectivity index (χ2n) is 3.94. The average Bonchev–Trinajstić information content (AvgIpc) is 2.83. The van der Waals surface area contributed by atoms with Crippen molar-refractivity contribution in [2.45, 2.75) is 13.5 Å². The highest BCUT2D eigenvalue weighted by atomic mass is 79.9. The Hall–Kier alpha value is -1.80. The second kappa shape index (κ2) is 5.89. The quantitative estimate of drug-likeness (QED) is 0.816. The number of nitrogens with one attached hydrogen (secondary N) is 1. The molecule has 2 rings (SSSR count). The molecule has 0 unspecified atom stereocenters. The molecule has 0 radical (unpaired) electrons. The summed E-state index contributed by atoms with van der Waals surface area (Å²) in [6.45, 7) is 2.86. The monoisotopic (exact) mass is 324 g/mol. The first-order chi connectivity index (χ1) is 9.10. The van der Waals surface area contributed by atoms with Gasteiger partial charge in [0, 0.05) is 6.54 Å². The van der Waals surface area contributed by atoms with E-state index in [1.807, 2.05) is 13.0 Å². The van der Waals surface area contributed by atoms with Crippen LogP contribution in [-0.2, 0) is 6.54 Å². The summed E-state index contributed by atoms with van der Waals surface area (Å²) < 4.78 is 2.28. The first-order valence-electron chi connectivity index (χ1n) is 5.64. The van der Waals surface area contributed by atoms with E-state index in [1.165, 1.54) is 4.68 Å². The number of nitrogens with zero attached hydrogens (tertiary/aromatic N) is 4. The van der Waals surface area contributed by atoms with Crippen LogP contribution in [-0.4, -0.2) is 32.4 Å². The summed E-state index contributed by atoms with van der Waals surface area (Å²) in [5.74, 6) is -0.327. The van der Waals surface area contributed by atoms with Crippen molar-refractivity contribution in [2.75, 3.05) is 11.9 Å². The standard InChI is InChI=1S/C11H13BrN6O/c1-7-4-8(5-14-10(7)12)15-11(19)9-6-18(3-2-13)17-16-9/h4-6H,2-3,13H2,1H3,(H,15,19). The number of carbonyl (C=O) groups excluding carboxylic acids is 1. The molecule has 19 heavy (non-hydrogen) atoms. The first kappa shape index (κ1) is 13.6. The molecule has 0 aliphatic rings. The predicted octanol–water partition coefficient (Wildman–Crippen LogP) is 0.955. The number of amides is 1. The minimum Gasteiger partial charge on any atom is -0.329 e. The number of nitrogens with two attached hydrogens (primary N) is 1. The largest absolute Gasteiger partial charge is 0.329 e. The van der Waals surface area contributed by atoms with Crippen LogP contribution < -0.4 is 11.1 Å². The molecular formula is C11H13BrN6O. The minimum absolute atomic E-state index is 0.244. The molecule has 2 aromatic heterocycles. The Balaban J connectivity index is 2.09. The number of pyridine rings is 1. The molecule has 2 aromatic rings. The third kappa shape index (κ3) is 3.36. The molecule has 0 atom stereocenters. The van der Waals surface area contributed by atoms with Crippen molar-refractivity contribution in [1.29, 1.82) is 0 Å². The zero-order valence-corrected chi connectivity index (χ0v) is 11.9. The zero-order valence-electron chi connectivity index (χ0n) is 10.3. The molecule has 0 saturated carbocycles. The number of halogens is 1. The van der Waals surface area contributed by atoms with Crippen molar-refractivity contribution in [2.24, 2.45) is 5.73 Å². The lowest BCUT2D eigenvalue weighted by Crippen LogP contribution is -2.13. The lowest BCUT2D eigenvalue weighted by atomic mass is 10.3. The molecule has 0 bridgehead atoms. The highest BCUT2D eigenvalue weighted by molar-refractivity contribution is 9.10. The van der Waals surface area contributed by atoms with E-state index in [2.05, 4.69) is 36.5 Å². The van der Waals surface area contributed by atoms with Crippen molar-refractivity contribution in [3.8, 4) is 0 Å². The van der Waals surface area contributed by atoms with Crippen LogP contribution in [0.4, 0.5) is 5.69 Å². The normalized spacial score (nSPS) is 10.5. The Kier molecular flexibility index (Phi) is 4.23. The van der Waals surface area contributed by atoms with Gasteiger partial charge in [-0.25, -0.2) is 4.98 Å².